The lowest BCUT2D eigenvalue weighted by molar-refractivity contribution is -0.154. The highest BCUT2D eigenvalue weighted by atomic mass is 16.5. The van der Waals surface area contributed by atoms with E-state index in [1.807, 2.05) is 0 Å². The zero-order chi connectivity index (χ0) is 20.1. The molecule has 0 aliphatic carbocycles. The third-order valence-corrected chi connectivity index (χ3v) is 4.71. The van der Waals surface area contributed by atoms with Gasteiger partial charge in [-0.1, -0.05) is 18.2 Å². The monoisotopic (exact) mass is 386 g/mol. The molecule has 1 fully saturated rings. The normalized spacial score (nSPS) is 16.6. The highest BCUT2D eigenvalue weighted by Crippen LogP contribution is 2.18. The van der Waals surface area contributed by atoms with Crippen molar-refractivity contribution in [2.75, 3.05) is 19.7 Å². The molecule has 1 atom stereocenters. The Morgan fingerprint density at radius 2 is 2.04 bits per heavy atom. The second-order valence-electron chi connectivity index (χ2n) is 6.57. The Balaban J connectivity index is 1.64. The summed E-state index contributed by atoms with van der Waals surface area (Å²) < 4.78 is 5.01. The number of ether oxygens (including phenoxy) is 1. The summed E-state index contributed by atoms with van der Waals surface area (Å²) in [5.41, 5.74) is 0.138. The molecule has 2 amide bonds. The van der Waals surface area contributed by atoms with Crippen molar-refractivity contribution in [3.05, 3.63) is 40.3 Å². The number of nitrogens with one attached hydrogen (secondary N) is 2. The third kappa shape index (κ3) is 4.19. The topological polar surface area (TPSA) is 121 Å². The van der Waals surface area contributed by atoms with Crippen LogP contribution in [-0.4, -0.2) is 52.6 Å². The van der Waals surface area contributed by atoms with Gasteiger partial charge in [-0.3, -0.25) is 19.2 Å². The second-order valence-corrected chi connectivity index (χ2v) is 6.57. The van der Waals surface area contributed by atoms with E-state index in [1.54, 1.807) is 31.2 Å². The number of aromatic nitrogens is 2. The zero-order valence-electron chi connectivity index (χ0n) is 15.6. The minimum absolute atomic E-state index is 0.00296. The van der Waals surface area contributed by atoms with Gasteiger partial charge in [-0.15, -0.1) is 0 Å². The number of hydrogen-bond acceptors (Lipinski definition) is 6. The molecule has 0 bridgehead atoms. The van der Waals surface area contributed by atoms with Gasteiger partial charge < -0.3 is 15.0 Å². The molecule has 9 heteroatoms. The first-order chi connectivity index (χ1) is 13.5. The number of benzene rings is 1. The van der Waals surface area contributed by atoms with Gasteiger partial charge in [0.25, 0.3) is 5.56 Å². The fourth-order valence-corrected chi connectivity index (χ4v) is 3.30. The lowest BCUT2D eigenvalue weighted by atomic mass is 9.98. The molecule has 1 aliphatic heterocycles. The van der Waals surface area contributed by atoms with E-state index in [-0.39, 0.29) is 31.2 Å². The number of carbonyl (C=O) groups excluding carboxylic acids is 3. The molecule has 0 unspecified atom stereocenters. The van der Waals surface area contributed by atoms with Gasteiger partial charge in [0.15, 0.2) is 0 Å². The van der Waals surface area contributed by atoms with E-state index in [4.69, 9.17) is 4.74 Å². The summed E-state index contributed by atoms with van der Waals surface area (Å²) in [5.74, 6) is -2.22. The molecular weight excluding hydrogens is 364 g/mol. The zero-order valence-corrected chi connectivity index (χ0v) is 15.6. The van der Waals surface area contributed by atoms with E-state index >= 15 is 0 Å². The molecule has 2 N–H and O–H groups in total. The number of carbonyl (C=O) groups is 3. The number of amides is 2. The van der Waals surface area contributed by atoms with E-state index in [0.717, 1.165) is 0 Å². The molecule has 3 rings (SSSR count). The Kier molecular flexibility index (Phi) is 6.03. The second kappa shape index (κ2) is 8.64. The lowest BCUT2D eigenvalue weighted by Gasteiger charge is -2.30. The standard InChI is InChI=1S/C19H22N4O5/c1-2-28-19(27)12-6-5-9-23(11-12)18(26)17(25)20-10-15-13-7-3-4-8-14(13)16(24)22-21-15/h3-4,7-8,12H,2,5-6,9-11H2,1H3,(H,20,25)(H,22,24)/t12-/m0/s1. The SMILES string of the molecule is CCOC(=O)[C@H]1CCCN(C(=O)C(=O)NCc2n[nH]c(=O)c3ccccc23)C1. The number of likely N-dealkylation sites (tertiary alicyclic amines) is 1. The van der Waals surface area contributed by atoms with Crippen LogP contribution >= 0.6 is 0 Å². The predicted octanol–water partition coefficient (Wildman–Crippen LogP) is 0.341. The van der Waals surface area contributed by atoms with Crippen LogP contribution in [0.1, 0.15) is 25.5 Å². The highest BCUT2D eigenvalue weighted by Gasteiger charge is 2.31. The number of H-pyrrole nitrogens is 1. The molecule has 1 aromatic heterocycles. The Bertz CT molecular complexity index is 955. The van der Waals surface area contributed by atoms with Gasteiger partial charge in [0.05, 0.1) is 30.1 Å². The first-order valence-electron chi connectivity index (χ1n) is 9.21. The Hall–Kier alpha value is -3.23. The summed E-state index contributed by atoms with van der Waals surface area (Å²) in [6.45, 7) is 2.60. The lowest BCUT2D eigenvalue weighted by Crippen LogP contribution is -2.48. The highest BCUT2D eigenvalue weighted by molar-refractivity contribution is 6.35. The Labute approximate surface area is 161 Å². The van der Waals surface area contributed by atoms with Crippen molar-refractivity contribution >= 4 is 28.6 Å². The van der Waals surface area contributed by atoms with Gasteiger partial charge in [-0.2, -0.15) is 5.10 Å². The molecule has 148 valence electrons. The number of nitrogens with zero attached hydrogens (tertiary/aromatic N) is 2. The van der Waals surface area contributed by atoms with Gasteiger partial charge in [0, 0.05) is 18.5 Å². The van der Waals surface area contributed by atoms with Crippen molar-refractivity contribution in [2.24, 2.45) is 5.92 Å². The Morgan fingerprint density at radius 1 is 1.29 bits per heavy atom. The molecule has 2 aromatic rings. The summed E-state index contributed by atoms with van der Waals surface area (Å²) in [4.78, 5) is 49.8. The summed E-state index contributed by atoms with van der Waals surface area (Å²) >= 11 is 0. The molecule has 28 heavy (non-hydrogen) atoms. The van der Waals surface area contributed by atoms with Crippen LogP contribution in [0.25, 0.3) is 10.8 Å². The first-order valence-corrected chi connectivity index (χ1v) is 9.21. The molecule has 1 aromatic carbocycles. The average Bonchev–Trinajstić information content (AvgIpc) is 2.73. The molecule has 2 heterocycles. The predicted molar refractivity (Wildman–Crippen MR) is 100 cm³/mol. The van der Waals surface area contributed by atoms with Crippen LogP contribution < -0.4 is 10.9 Å². The average molecular weight is 386 g/mol. The van der Waals surface area contributed by atoms with Crippen molar-refractivity contribution in [1.82, 2.24) is 20.4 Å². The maximum atomic E-state index is 12.4. The van der Waals surface area contributed by atoms with Gasteiger partial charge in [0.1, 0.15) is 0 Å². The molecular formula is C19H22N4O5. The summed E-state index contributed by atoms with van der Waals surface area (Å²) in [7, 11) is 0. The minimum Gasteiger partial charge on any atom is -0.466 e. The quantitative estimate of drug-likeness (QED) is 0.577. The van der Waals surface area contributed by atoms with Crippen molar-refractivity contribution in [2.45, 2.75) is 26.3 Å². The molecule has 1 aliphatic rings. The molecule has 0 radical (unpaired) electrons. The third-order valence-electron chi connectivity index (χ3n) is 4.71. The van der Waals surface area contributed by atoms with Crippen LogP contribution in [0.2, 0.25) is 0 Å². The number of esters is 1. The number of fused-ring (bicyclic) bond motifs is 1. The van der Waals surface area contributed by atoms with Crippen LogP contribution in [0.4, 0.5) is 0 Å². The number of piperidine rings is 1. The van der Waals surface area contributed by atoms with Crippen LogP contribution in [0.15, 0.2) is 29.1 Å². The van der Waals surface area contributed by atoms with E-state index in [0.29, 0.717) is 35.9 Å². The largest absolute Gasteiger partial charge is 0.466 e. The fourth-order valence-electron chi connectivity index (χ4n) is 3.30. The van der Waals surface area contributed by atoms with Crippen molar-refractivity contribution in [3.63, 3.8) is 0 Å². The summed E-state index contributed by atoms with van der Waals surface area (Å²) in [6, 6.07) is 6.90. The smallest absolute Gasteiger partial charge is 0.311 e. The van der Waals surface area contributed by atoms with Crippen molar-refractivity contribution in [3.8, 4) is 0 Å². The van der Waals surface area contributed by atoms with Crippen molar-refractivity contribution < 1.29 is 19.1 Å². The molecule has 0 spiro atoms. The molecule has 0 saturated carbocycles. The summed E-state index contributed by atoms with van der Waals surface area (Å²) in [6.07, 6.45) is 1.27. The van der Waals surface area contributed by atoms with Gasteiger partial charge in [-0.25, -0.2) is 5.10 Å². The van der Waals surface area contributed by atoms with E-state index < -0.39 is 17.7 Å². The maximum Gasteiger partial charge on any atom is 0.311 e. The van der Waals surface area contributed by atoms with Crippen LogP contribution in [0.3, 0.4) is 0 Å². The van der Waals surface area contributed by atoms with E-state index in [2.05, 4.69) is 15.5 Å². The van der Waals surface area contributed by atoms with Crippen LogP contribution in [-0.2, 0) is 25.7 Å². The Morgan fingerprint density at radius 3 is 2.79 bits per heavy atom. The first kappa shape index (κ1) is 19.5. The van der Waals surface area contributed by atoms with Gasteiger partial charge in [-0.05, 0) is 25.8 Å². The van der Waals surface area contributed by atoms with Gasteiger partial charge in [0.2, 0.25) is 0 Å². The maximum absolute atomic E-state index is 12.4. The molecule has 9 nitrogen and oxygen atoms in total. The summed E-state index contributed by atoms with van der Waals surface area (Å²) in [5, 5.41) is 9.97. The van der Waals surface area contributed by atoms with Crippen LogP contribution in [0.5, 0.6) is 0 Å². The number of hydrogen-bond donors (Lipinski definition) is 2. The number of aromatic amines is 1. The number of rotatable bonds is 4. The minimum atomic E-state index is -0.776. The van der Waals surface area contributed by atoms with E-state index in [1.165, 1.54) is 4.90 Å². The van der Waals surface area contributed by atoms with Crippen LogP contribution in [0, 0.1) is 5.92 Å². The van der Waals surface area contributed by atoms with E-state index in [9.17, 15) is 19.2 Å². The molecule has 1 saturated heterocycles. The van der Waals surface area contributed by atoms with Crippen molar-refractivity contribution in [1.29, 1.82) is 0 Å². The fraction of sp³-hybridized carbons (Fsp3) is 0.421. The van der Waals surface area contributed by atoms with Gasteiger partial charge >= 0.3 is 17.8 Å².